The van der Waals surface area contributed by atoms with E-state index in [9.17, 15) is 9.59 Å². The lowest BCUT2D eigenvalue weighted by atomic mass is 9.97. The van der Waals surface area contributed by atoms with E-state index in [1.165, 1.54) is 4.90 Å². The molecule has 0 spiro atoms. The lowest BCUT2D eigenvalue weighted by Gasteiger charge is -2.28. The maximum Gasteiger partial charge on any atom is 0.234 e. The standard InChI is InChI=1S/C16H22N2O2/c1-11(2)17-10-13-4-6-14(7-5-13)18-15(19)8-12(3)9-16(18)20/h4-7,11-12,17H,8-10H2,1-3H3. The Balaban J connectivity index is 2.09. The number of anilines is 1. The van der Waals surface area contributed by atoms with Crippen LogP contribution in [-0.2, 0) is 16.1 Å². The molecule has 1 N–H and O–H groups in total. The number of hydrogen-bond donors (Lipinski definition) is 1. The van der Waals surface area contributed by atoms with Crippen LogP contribution in [0.2, 0.25) is 0 Å². The molecule has 108 valence electrons. The van der Waals surface area contributed by atoms with Gasteiger partial charge in [-0.3, -0.25) is 14.5 Å². The minimum absolute atomic E-state index is 0.0956. The predicted octanol–water partition coefficient (Wildman–Crippen LogP) is 2.47. The predicted molar refractivity (Wildman–Crippen MR) is 79.3 cm³/mol. The van der Waals surface area contributed by atoms with Crippen molar-refractivity contribution >= 4 is 17.5 Å². The Bertz CT molecular complexity index is 476. The van der Waals surface area contributed by atoms with Crippen molar-refractivity contribution in [2.45, 2.75) is 46.2 Å². The molecule has 2 rings (SSSR count). The minimum atomic E-state index is -0.0956. The van der Waals surface area contributed by atoms with E-state index in [0.717, 1.165) is 12.1 Å². The molecule has 0 aliphatic carbocycles. The summed E-state index contributed by atoms with van der Waals surface area (Å²) in [4.78, 5) is 25.3. The van der Waals surface area contributed by atoms with Gasteiger partial charge in [-0.15, -0.1) is 0 Å². The lowest BCUT2D eigenvalue weighted by molar-refractivity contribution is -0.130. The fourth-order valence-electron chi connectivity index (χ4n) is 2.36. The van der Waals surface area contributed by atoms with Crippen molar-refractivity contribution in [2.75, 3.05) is 4.90 Å². The molecule has 1 aliphatic heterocycles. The van der Waals surface area contributed by atoms with Crippen molar-refractivity contribution in [3.8, 4) is 0 Å². The van der Waals surface area contributed by atoms with E-state index in [2.05, 4.69) is 19.2 Å². The molecule has 0 bridgehead atoms. The fourth-order valence-corrected chi connectivity index (χ4v) is 2.36. The molecular formula is C16H22N2O2. The quantitative estimate of drug-likeness (QED) is 0.858. The van der Waals surface area contributed by atoms with Crippen LogP contribution < -0.4 is 10.2 Å². The molecule has 0 unspecified atom stereocenters. The van der Waals surface area contributed by atoms with Crippen molar-refractivity contribution in [1.82, 2.24) is 5.32 Å². The van der Waals surface area contributed by atoms with Gasteiger partial charge in [-0.1, -0.05) is 32.9 Å². The number of nitrogens with one attached hydrogen (secondary N) is 1. The van der Waals surface area contributed by atoms with Gasteiger partial charge in [-0.05, 0) is 23.6 Å². The Morgan fingerprint density at radius 1 is 1.15 bits per heavy atom. The van der Waals surface area contributed by atoms with Crippen LogP contribution >= 0.6 is 0 Å². The average molecular weight is 274 g/mol. The maximum atomic E-state index is 12.0. The molecule has 1 heterocycles. The largest absolute Gasteiger partial charge is 0.310 e. The number of nitrogens with zero attached hydrogens (tertiary/aromatic N) is 1. The zero-order valence-electron chi connectivity index (χ0n) is 12.3. The van der Waals surface area contributed by atoms with Crippen molar-refractivity contribution < 1.29 is 9.59 Å². The van der Waals surface area contributed by atoms with E-state index >= 15 is 0 Å². The summed E-state index contributed by atoms with van der Waals surface area (Å²) in [5, 5.41) is 3.34. The number of imide groups is 1. The smallest absolute Gasteiger partial charge is 0.234 e. The third-order valence-electron chi connectivity index (χ3n) is 3.45. The Hall–Kier alpha value is -1.68. The summed E-state index contributed by atoms with van der Waals surface area (Å²) in [6.07, 6.45) is 0.894. The highest BCUT2D eigenvalue weighted by molar-refractivity contribution is 6.16. The van der Waals surface area contributed by atoms with Gasteiger partial charge >= 0.3 is 0 Å². The van der Waals surface area contributed by atoms with Crippen LogP contribution in [0.25, 0.3) is 0 Å². The first-order valence-corrected chi connectivity index (χ1v) is 7.15. The molecule has 2 amide bonds. The van der Waals surface area contributed by atoms with Gasteiger partial charge in [0.15, 0.2) is 0 Å². The Labute approximate surface area is 120 Å². The number of carbonyl (C=O) groups is 2. The highest BCUT2D eigenvalue weighted by atomic mass is 16.2. The van der Waals surface area contributed by atoms with E-state index in [4.69, 9.17) is 0 Å². The van der Waals surface area contributed by atoms with Crippen LogP contribution in [0.15, 0.2) is 24.3 Å². The Morgan fingerprint density at radius 3 is 2.20 bits per heavy atom. The molecule has 0 aromatic heterocycles. The van der Waals surface area contributed by atoms with Crippen molar-refractivity contribution in [3.63, 3.8) is 0 Å². The first kappa shape index (κ1) is 14.7. The normalized spacial score (nSPS) is 17.1. The lowest BCUT2D eigenvalue weighted by Crippen LogP contribution is -2.42. The molecule has 20 heavy (non-hydrogen) atoms. The van der Waals surface area contributed by atoms with Gasteiger partial charge in [-0.25, -0.2) is 0 Å². The van der Waals surface area contributed by atoms with E-state index in [1.807, 2.05) is 31.2 Å². The second-order valence-corrected chi connectivity index (χ2v) is 5.84. The molecule has 1 aromatic carbocycles. The highest BCUT2D eigenvalue weighted by Gasteiger charge is 2.31. The summed E-state index contributed by atoms with van der Waals surface area (Å²) in [7, 11) is 0. The fraction of sp³-hybridized carbons (Fsp3) is 0.500. The SMILES string of the molecule is CC1CC(=O)N(c2ccc(CNC(C)C)cc2)C(=O)C1. The summed E-state index contributed by atoms with van der Waals surface area (Å²) < 4.78 is 0. The van der Waals surface area contributed by atoms with Crippen LogP contribution in [0.1, 0.15) is 39.2 Å². The summed E-state index contributed by atoms with van der Waals surface area (Å²) >= 11 is 0. The molecule has 4 nitrogen and oxygen atoms in total. The first-order valence-electron chi connectivity index (χ1n) is 7.15. The summed E-state index contributed by atoms with van der Waals surface area (Å²) in [6.45, 7) is 6.92. The maximum absolute atomic E-state index is 12.0. The molecular weight excluding hydrogens is 252 g/mol. The molecule has 1 aromatic rings. The second-order valence-electron chi connectivity index (χ2n) is 5.84. The Kier molecular flexibility index (Phi) is 4.55. The van der Waals surface area contributed by atoms with E-state index in [0.29, 0.717) is 24.6 Å². The molecule has 1 saturated heterocycles. The number of piperidine rings is 1. The number of rotatable bonds is 4. The molecule has 1 aliphatic rings. The third-order valence-corrected chi connectivity index (χ3v) is 3.45. The van der Waals surface area contributed by atoms with Gasteiger partial charge in [0.2, 0.25) is 11.8 Å². The van der Waals surface area contributed by atoms with Crippen LogP contribution in [0.4, 0.5) is 5.69 Å². The van der Waals surface area contributed by atoms with Gasteiger partial charge in [0, 0.05) is 25.4 Å². The van der Waals surface area contributed by atoms with Gasteiger partial charge in [0.1, 0.15) is 0 Å². The number of amides is 2. The molecule has 0 saturated carbocycles. The van der Waals surface area contributed by atoms with Crippen LogP contribution in [0, 0.1) is 5.92 Å². The zero-order valence-corrected chi connectivity index (χ0v) is 12.3. The van der Waals surface area contributed by atoms with Gasteiger partial charge in [-0.2, -0.15) is 0 Å². The molecule has 4 heteroatoms. The number of carbonyl (C=O) groups excluding carboxylic acids is 2. The van der Waals surface area contributed by atoms with Crippen LogP contribution in [0.5, 0.6) is 0 Å². The summed E-state index contributed by atoms with van der Waals surface area (Å²) in [5.41, 5.74) is 1.83. The minimum Gasteiger partial charge on any atom is -0.310 e. The van der Waals surface area contributed by atoms with Crippen molar-refractivity contribution in [1.29, 1.82) is 0 Å². The van der Waals surface area contributed by atoms with E-state index in [1.54, 1.807) is 0 Å². The zero-order chi connectivity index (χ0) is 14.7. The van der Waals surface area contributed by atoms with E-state index < -0.39 is 0 Å². The summed E-state index contributed by atoms with van der Waals surface area (Å²) in [6, 6.07) is 8.06. The van der Waals surface area contributed by atoms with Crippen LogP contribution in [0.3, 0.4) is 0 Å². The molecule has 0 atom stereocenters. The van der Waals surface area contributed by atoms with Crippen molar-refractivity contribution in [2.24, 2.45) is 5.92 Å². The number of hydrogen-bond acceptors (Lipinski definition) is 3. The van der Waals surface area contributed by atoms with Crippen molar-refractivity contribution in [3.05, 3.63) is 29.8 Å². The van der Waals surface area contributed by atoms with Gasteiger partial charge in [0.25, 0.3) is 0 Å². The van der Waals surface area contributed by atoms with E-state index in [-0.39, 0.29) is 17.7 Å². The first-order chi connectivity index (χ1) is 9.47. The number of benzene rings is 1. The third kappa shape index (κ3) is 3.45. The monoisotopic (exact) mass is 274 g/mol. The van der Waals surface area contributed by atoms with Gasteiger partial charge in [0.05, 0.1) is 5.69 Å². The van der Waals surface area contributed by atoms with Crippen LogP contribution in [-0.4, -0.2) is 17.9 Å². The second kappa shape index (κ2) is 6.18. The molecule has 1 fully saturated rings. The summed E-state index contributed by atoms with van der Waals surface area (Å²) in [5.74, 6) is -0.0376. The topological polar surface area (TPSA) is 49.4 Å². The average Bonchev–Trinajstić information content (AvgIpc) is 2.36. The Morgan fingerprint density at radius 2 is 1.70 bits per heavy atom. The van der Waals surface area contributed by atoms with Gasteiger partial charge < -0.3 is 5.32 Å². The molecule has 0 radical (unpaired) electrons. The highest BCUT2D eigenvalue weighted by Crippen LogP contribution is 2.25.